The van der Waals surface area contributed by atoms with E-state index in [9.17, 15) is 4.39 Å². The Kier molecular flexibility index (Phi) is 4.60. The van der Waals surface area contributed by atoms with Crippen molar-refractivity contribution in [1.82, 2.24) is 15.0 Å². The molecule has 0 N–H and O–H groups in total. The van der Waals surface area contributed by atoms with Gasteiger partial charge < -0.3 is 9.31 Å². The van der Waals surface area contributed by atoms with Crippen LogP contribution in [0.3, 0.4) is 0 Å². The van der Waals surface area contributed by atoms with Gasteiger partial charge in [0.25, 0.3) is 0 Å². The van der Waals surface area contributed by atoms with Crippen LogP contribution in [0.15, 0.2) is 54.4 Å². The second-order valence-corrected chi connectivity index (χ2v) is 8.10. The zero-order chi connectivity index (χ0) is 19.9. The van der Waals surface area contributed by atoms with Crippen LogP contribution in [-0.2, 0) is 15.9 Å². The number of hydrogen-bond donors (Lipinski definition) is 0. The Hall–Kier alpha value is -2.51. The highest BCUT2D eigenvalue weighted by Crippen LogP contribution is 2.39. The van der Waals surface area contributed by atoms with E-state index >= 15 is 0 Å². The molecule has 28 heavy (non-hydrogen) atoms. The Morgan fingerprint density at radius 2 is 1.75 bits per heavy atom. The van der Waals surface area contributed by atoms with Crippen LogP contribution in [0.1, 0.15) is 39.0 Å². The Bertz CT molecular complexity index is 1020. The highest BCUT2D eigenvalue weighted by Gasteiger charge is 2.53. The summed E-state index contributed by atoms with van der Waals surface area (Å²) in [4.78, 5) is 0. The van der Waals surface area contributed by atoms with E-state index in [0.717, 1.165) is 5.56 Å². The Balaban J connectivity index is 1.52. The van der Waals surface area contributed by atoms with Gasteiger partial charge in [-0.3, -0.25) is 0 Å². The molecule has 4 rings (SSSR count). The monoisotopic (exact) mass is 379 g/mol. The third kappa shape index (κ3) is 3.47. The maximum atomic E-state index is 14.7. The summed E-state index contributed by atoms with van der Waals surface area (Å²) in [6, 6.07) is 14.4. The van der Waals surface area contributed by atoms with Crippen LogP contribution >= 0.6 is 0 Å². The molecule has 0 aliphatic carbocycles. The van der Waals surface area contributed by atoms with E-state index in [-0.39, 0.29) is 0 Å². The minimum Gasteiger partial charge on any atom is -0.398 e. The molecule has 1 aliphatic rings. The first-order valence-corrected chi connectivity index (χ1v) is 9.35. The molecule has 0 amide bonds. The van der Waals surface area contributed by atoms with Gasteiger partial charge in [0, 0.05) is 0 Å². The Labute approximate surface area is 164 Å². The van der Waals surface area contributed by atoms with Crippen LogP contribution in [0.5, 0.6) is 0 Å². The molecule has 0 bridgehead atoms. The molecule has 1 aromatic heterocycles. The number of hydrogen-bond acceptors (Lipinski definition) is 4. The summed E-state index contributed by atoms with van der Waals surface area (Å²) in [5.41, 5.74) is -0.142. The van der Waals surface area contributed by atoms with E-state index in [1.54, 1.807) is 10.9 Å². The topological polar surface area (TPSA) is 49.2 Å². The third-order valence-corrected chi connectivity index (χ3v) is 5.53. The van der Waals surface area contributed by atoms with Crippen LogP contribution in [0.2, 0.25) is 0 Å². The number of rotatable bonds is 4. The summed E-state index contributed by atoms with van der Waals surface area (Å²) in [5.74, 6) is 0. The summed E-state index contributed by atoms with van der Waals surface area (Å²) >= 11 is 0. The second kappa shape index (κ2) is 6.83. The van der Waals surface area contributed by atoms with Gasteiger partial charge in [-0.2, -0.15) is 0 Å². The smallest absolute Gasteiger partial charge is 0.398 e. The van der Waals surface area contributed by atoms with E-state index in [1.165, 1.54) is 16.8 Å². The largest absolute Gasteiger partial charge is 0.525 e. The number of fused-ring (bicyclic) bond motifs is 1. The Morgan fingerprint density at radius 1 is 1.07 bits per heavy atom. The summed E-state index contributed by atoms with van der Waals surface area (Å²) in [7, 11) is -1.03. The first-order chi connectivity index (χ1) is 13.2. The molecule has 7 heteroatoms. The lowest BCUT2D eigenvalue weighted by Crippen LogP contribution is -2.41. The van der Waals surface area contributed by atoms with Gasteiger partial charge in [-0.15, -0.1) is 5.10 Å². The average Bonchev–Trinajstić information content (AvgIpc) is 3.16. The fourth-order valence-corrected chi connectivity index (χ4v) is 3.23. The highest BCUT2D eigenvalue weighted by molar-refractivity contribution is 6.54. The van der Waals surface area contributed by atoms with Crippen molar-refractivity contribution in [1.29, 1.82) is 0 Å². The predicted molar refractivity (Wildman–Crippen MR) is 108 cm³/mol. The molecule has 2 heterocycles. The quantitative estimate of drug-likeness (QED) is 0.630. The first-order valence-electron chi connectivity index (χ1n) is 9.35. The summed E-state index contributed by atoms with van der Waals surface area (Å²) in [5, 5.41) is 10.5. The molecule has 144 valence electrons. The van der Waals surface area contributed by atoms with Gasteiger partial charge in [0.05, 0.1) is 23.9 Å². The summed E-state index contributed by atoms with van der Waals surface area (Å²) in [6.07, 6.45) is 3.03. The van der Waals surface area contributed by atoms with Gasteiger partial charge in [-0.25, -0.2) is 9.07 Å². The van der Waals surface area contributed by atoms with Crippen LogP contribution < -0.4 is 0 Å². The minimum atomic E-state index is -1.03. The van der Waals surface area contributed by atoms with E-state index in [1.807, 2.05) is 45.9 Å². The lowest BCUT2D eigenvalue weighted by Gasteiger charge is -2.32. The molecule has 5 nitrogen and oxygen atoms in total. The maximum Gasteiger partial charge on any atom is 0.525 e. The number of halogens is 1. The van der Waals surface area contributed by atoms with Crippen molar-refractivity contribution in [2.75, 3.05) is 0 Å². The van der Waals surface area contributed by atoms with E-state index in [4.69, 9.17) is 9.31 Å². The number of nitrogens with zero attached hydrogens (tertiary/aromatic N) is 3. The summed E-state index contributed by atoms with van der Waals surface area (Å²) in [6.45, 7) is 8.11. The van der Waals surface area contributed by atoms with Crippen molar-refractivity contribution in [2.24, 2.45) is 0 Å². The molecule has 0 saturated carbocycles. The fourth-order valence-electron chi connectivity index (χ4n) is 3.23. The van der Waals surface area contributed by atoms with Crippen molar-refractivity contribution < 1.29 is 13.7 Å². The normalized spacial score (nSPS) is 18.8. The lowest BCUT2D eigenvalue weighted by atomic mass is 9.87. The standard InChI is InChI=1S/C21H23BFN3O2/c1-20(2)21(3,4)28-22(27-20)19(23)12-17-14-26(25-24-17)13-16-10-7-9-15-8-5-6-11-18(15)16/h5-12,14H,13H2,1-4H3. The van der Waals surface area contributed by atoms with Crippen molar-refractivity contribution in [3.63, 3.8) is 0 Å². The van der Waals surface area contributed by atoms with E-state index in [2.05, 4.69) is 34.6 Å². The van der Waals surface area contributed by atoms with Crippen molar-refractivity contribution in [3.05, 3.63) is 65.6 Å². The zero-order valence-corrected chi connectivity index (χ0v) is 16.5. The molecule has 1 saturated heterocycles. The number of aromatic nitrogens is 3. The molecule has 0 radical (unpaired) electrons. The molecule has 0 spiro atoms. The molecule has 2 aromatic carbocycles. The second-order valence-electron chi connectivity index (χ2n) is 8.10. The third-order valence-electron chi connectivity index (χ3n) is 5.53. The van der Waals surface area contributed by atoms with Crippen LogP contribution in [0, 0.1) is 0 Å². The molecule has 0 unspecified atom stereocenters. The average molecular weight is 379 g/mol. The van der Waals surface area contributed by atoms with Crippen LogP contribution in [0.4, 0.5) is 4.39 Å². The van der Waals surface area contributed by atoms with Crippen LogP contribution in [0.25, 0.3) is 16.8 Å². The van der Waals surface area contributed by atoms with Gasteiger partial charge in [0.2, 0.25) is 0 Å². The van der Waals surface area contributed by atoms with Gasteiger partial charge in [0.15, 0.2) is 0 Å². The lowest BCUT2D eigenvalue weighted by molar-refractivity contribution is 0.00578. The zero-order valence-electron chi connectivity index (χ0n) is 16.5. The van der Waals surface area contributed by atoms with Crippen molar-refractivity contribution in [2.45, 2.75) is 45.4 Å². The first kappa shape index (κ1) is 18.8. The molecular weight excluding hydrogens is 356 g/mol. The maximum absolute atomic E-state index is 14.7. The molecule has 1 aliphatic heterocycles. The van der Waals surface area contributed by atoms with E-state index < -0.39 is 24.0 Å². The highest BCUT2D eigenvalue weighted by atomic mass is 19.1. The molecule has 1 fully saturated rings. The molecule has 0 atom stereocenters. The fraction of sp³-hybridized carbons (Fsp3) is 0.333. The Morgan fingerprint density at radius 3 is 2.50 bits per heavy atom. The minimum absolute atomic E-state index is 0.424. The van der Waals surface area contributed by atoms with Gasteiger partial charge in [0.1, 0.15) is 11.4 Å². The van der Waals surface area contributed by atoms with Crippen LogP contribution in [-0.4, -0.2) is 33.3 Å². The summed E-state index contributed by atoms with van der Waals surface area (Å²) < 4.78 is 27.8. The SMILES string of the molecule is CC1(C)OB(C(F)=Cc2cn(Cc3cccc4ccccc34)nn2)OC1(C)C. The number of benzene rings is 2. The van der Waals surface area contributed by atoms with E-state index in [0.29, 0.717) is 12.2 Å². The van der Waals surface area contributed by atoms with Crippen molar-refractivity contribution in [3.8, 4) is 0 Å². The molecular formula is C21H23BFN3O2. The van der Waals surface area contributed by atoms with Gasteiger partial charge >= 0.3 is 7.12 Å². The molecule has 3 aromatic rings. The van der Waals surface area contributed by atoms with Gasteiger partial charge in [-0.1, -0.05) is 47.7 Å². The predicted octanol–water partition coefficient (Wildman–Crippen LogP) is 4.42. The van der Waals surface area contributed by atoms with Crippen molar-refractivity contribution >= 4 is 24.0 Å². The van der Waals surface area contributed by atoms with Gasteiger partial charge in [-0.05, 0) is 50.1 Å².